The second kappa shape index (κ2) is 9.18. The molecule has 0 aliphatic rings. The van der Waals surface area contributed by atoms with Gasteiger partial charge in [0.2, 0.25) is 5.91 Å². The van der Waals surface area contributed by atoms with Crippen molar-refractivity contribution in [3.63, 3.8) is 0 Å². The molecule has 8 heteroatoms. The van der Waals surface area contributed by atoms with Crippen molar-refractivity contribution < 1.29 is 23.5 Å². The lowest BCUT2D eigenvalue weighted by molar-refractivity contribution is -0.141. The molecule has 1 atom stereocenters. The lowest BCUT2D eigenvalue weighted by atomic mass is 9.98. The van der Waals surface area contributed by atoms with E-state index in [1.165, 1.54) is 11.8 Å². The van der Waals surface area contributed by atoms with E-state index in [1.54, 1.807) is 0 Å². The summed E-state index contributed by atoms with van der Waals surface area (Å²) in [6, 6.07) is 1.03. The first-order valence-corrected chi connectivity index (χ1v) is 11.5. The molecule has 0 saturated heterocycles. The van der Waals surface area contributed by atoms with E-state index in [0.717, 1.165) is 33.2 Å². The normalized spacial score (nSPS) is 12.4. The highest BCUT2D eigenvalue weighted by Gasteiger charge is 2.21. The molecular weight excluding hydrogens is 418 g/mol. The van der Waals surface area contributed by atoms with Gasteiger partial charge < -0.3 is 19.3 Å². The lowest BCUT2D eigenvalue weighted by Crippen LogP contribution is -2.41. The number of carboxylic acids is 1. The van der Waals surface area contributed by atoms with Gasteiger partial charge in [-0.1, -0.05) is 0 Å². The average Bonchev–Trinajstić information content (AvgIpc) is 3.00. The molecule has 1 amide bonds. The molecule has 7 nitrogen and oxygen atoms in total. The van der Waals surface area contributed by atoms with Crippen LogP contribution >= 0.6 is 11.8 Å². The predicted molar refractivity (Wildman–Crippen MR) is 122 cm³/mol. The number of benzene rings is 1. The molecule has 3 rings (SSSR count). The highest BCUT2D eigenvalue weighted by atomic mass is 32.2. The van der Waals surface area contributed by atoms with E-state index in [1.807, 2.05) is 40.0 Å². The molecule has 1 aromatic carbocycles. The van der Waals surface area contributed by atoms with Gasteiger partial charge in [0.25, 0.3) is 0 Å². The predicted octanol–water partition coefficient (Wildman–Crippen LogP) is 4.03. The quantitative estimate of drug-likeness (QED) is 0.504. The summed E-state index contributed by atoms with van der Waals surface area (Å²) < 4.78 is 11.5. The van der Waals surface area contributed by atoms with Crippen LogP contribution in [-0.2, 0) is 16.0 Å². The van der Waals surface area contributed by atoms with Crippen molar-refractivity contribution in [1.29, 1.82) is 0 Å². The number of fused-ring (bicyclic) bond motifs is 2. The standard InChI is InChI=1S/C23H27NO6S/c1-11-14(4)29-20-13(3)21-17(10-16(11)20)12(2)15(23(28)30-21)6-7-19(25)24-18(22(26)27)8-9-31-5/h10,18H,6-9H2,1-5H3,(H,24,25)(H,26,27). The average molecular weight is 446 g/mol. The number of carbonyl (C=O) groups excluding carboxylic acids is 1. The zero-order valence-corrected chi connectivity index (χ0v) is 19.2. The molecule has 0 aliphatic heterocycles. The van der Waals surface area contributed by atoms with Crippen LogP contribution in [0.1, 0.15) is 40.9 Å². The number of rotatable bonds is 8. The number of carbonyl (C=O) groups is 2. The Kier molecular flexibility index (Phi) is 6.79. The Hall–Kier alpha value is -2.74. The minimum Gasteiger partial charge on any atom is -0.480 e. The molecule has 0 spiro atoms. The summed E-state index contributed by atoms with van der Waals surface area (Å²) in [4.78, 5) is 36.3. The van der Waals surface area contributed by atoms with Crippen LogP contribution in [0.3, 0.4) is 0 Å². The van der Waals surface area contributed by atoms with Crippen molar-refractivity contribution >= 4 is 45.6 Å². The zero-order valence-electron chi connectivity index (χ0n) is 18.4. The third-order valence-corrected chi connectivity index (χ3v) is 6.43. The molecule has 0 fully saturated rings. The van der Waals surface area contributed by atoms with Crippen molar-refractivity contribution in [1.82, 2.24) is 5.32 Å². The van der Waals surface area contributed by atoms with Crippen LogP contribution in [0.4, 0.5) is 0 Å². The number of thioether (sulfide) groups is 1. The molecule has 0 aliphatic carbocycles. The fraction of sp³-hybridized carbons (Fsp3) is 0.435. The van der Waals surface area contributed by atoms with Gasteiger partial charge in [0, 0.05) is 28.3 Å². The second-order valence-corrected chi connectivity index (χ2v) is 8.76. The Labute approximate surface area is 184 Å². The van der Waals surface area contributed by atoms with Gasteiger partial charge in [0.15, 0.2) is 0 Å². The number of furan rings is 1. The van der Waals surface area contributed by atoms with Gasteiger partial charge in [-0.25, -0.2) is 9.59 Å². The van der Waals surface area contributed by atoms with E-state index < -0.39 is 23.5 Å². The molecule has 0 radical (unpaired) electrons. The molecule has 3 aromatic rings. The Balaban J connectivity index is 1.90. The van der Waals surface area contributed by atoms with Crippen molar-refractivity contribution in [3.8, 4) is 0 Å². The summed E-state index contributed by atoms with van der Waals surface area (Å²) in [5.74, 6) is -0.0140. The molecule has 0 bridgehead atoms. The maximum absolute atomic E-state index is 12.7. The summed E-state index contributed by atoms with van der Waals surface area (Å²) in [5, 5.41) is 13.6. The number of carboxylic acid groups (broad SMARTS) is 1. The van der Waals surface area contributed by atoms with E-state index in [2.05, 4.69) is 5.32 Å². The van der Waals surface area contributed by atoms with Crippen molar-refractivity contribution in [2.45, 2.75) is 53.0 Å². The van der Waals surface area contributed by atoms with Crippen LogP contribution in [0.5, 0.6) is 0 Å². The number of nitrogens with one attached hydrogen (secondary N) is 1. The largest absolute Gasteiger partial charge is 0.480 e. The van der Waals surface area contributed by atoms with Gasteiger partial charge in [-0.15, -0.1) is 0 Å². The number of aliphatic carboxylic acids is 1. The van der Waals surface area contributed by atoms with E-state index >= 15 is 0 Å². The molecule has 31 heavy (non-hydrogen) atoms. The van der Waals surface area contributed by atoms with Crippen LogP contribution < -0.4 is 10.9 Å². The highest BCUT2D eigenvalue weighted by molar-refractivity contribution is 7.98. The van der Waals surface area contributed by atoms with Crippen LogP contribution in [0.2, 0.25) is 0 Å². The summed E-state index contributed by atoms with van der Waals surface area (Å²) in [6.45, 7) is 7.60. The Morgan fingerprint density at radius 3 is 2.35 bits per heavy atom. The molecule has 2 aromatic heterocycles. The Bertz CT molecular complexity index is 1220. The summed E-state index contributed by atoms with van der Waals surface area (Å²) in [5.41, 5.74) is 3.71. The third kappa shape index (κ3) is 4.49. The number of hydrogen-bond donors (Lipinski definition) is 2. The first kappa shape index (κ1) is 22.9. The maximum atomic E-state index is 12.7. The van der Waals surface area contributed by atoms with Crippen molar-refractivity contribution in [3.05, 3.63) is 44.5 Å². The Morgan fingerprint density at radius 1 is 1.06 bits per heavy atom. The van der Waals surface area contributed by atoms with Crippen LogP contribution in [-0.4, -0.2) is 35.0 Å². The second-order valence-electron chi connectivity index (χ2n) is 7.77. The summed E-state index contributed by atoms with van der Waals surface area (Å²) in [7, 11) is 0. The first-order chi connectivity index (χ1) is 14.6. The smallest absolute Gasteiger partial charge is 0.339 e. The molecule has 2 heterocycles. The summed E-state index contributed by atoms with van der Waals surface area (Å²) in [6.07, 6.45) is 2.40. The maximum Gasteiger partial charge on any atom is 0.339 e. The van der Waals surface area contributed by atoms with Crippen LogP contribution in [0.15, 0.2) is 19.7 Å². The SMILES string of the molecule is CSCCC(NC(=O)CCc1c(C)c2cc3c(C)c(C)oc3c(C)c2oc1=O)C(=O)O. The molecule has 1 unspecified atom stereocenters. The van der Waals surface area contributed by atoms with E-state index in [0.29, 0.717) is 28.9 Å². The monoisotopic (exact) mass is 445 g/mol. The third-order valence-electron chi connectivity index (χ3n) is 5.79. The van der Waals surface area contributed by atoms with Gasteiger partial charge in [-0.3, -0.25) is 4.79 Å². The van der Waals surface area contributed by atoms with Crippen molar-refractivity contribution in [2.75, 3.05) is 12.0 Å². The lowest BCUT2D eigenvalue weighted by Gasteiger charge is -2.14. The fourth-order valence-corrected chi connectivity index (χ4v) is 4.25. The molecule has 166 valence electrons. The molecular formula is C23H27NO6S. The van der Waals surface area contributed by atoms with Gasteiger partial charge >= 0.3 is 11.6 Å². The fourth-order valence-electron chi connectivity index (χ4n) is 3.78. The van der Waals surface area contributed by atoms with Crippen LogP contribution in [0, 0.1) is 27.7 Å². The zero-order chi connectivity index (χ0) is 22.9. The van der Waals surface area contributed by atoms with Crippen LogP contribution in [0.25, 0.3) is 21.9 Å². The Morgan fingerprint density at radius 2 is 1.71 bits per heavy atom. The molecule has 2 N–H and O–H groups in total. The summed E-state index contributed by atoms with van der Waals surface area (Å²) >= 11 is 1.52. The minimum absolute atomic E-state index is 0.00519. The number of hydrogen-bond acceptors (Lipinski definition) is 6. The number of amides is 1. The van der Waals surface area contributed by atoms with E-state index in [4.69, 9.17) is 8.83 Å². The van der Waals surface area contributed by atoms with Gasteiger partial charge in [-0.2, -0.15) is 11.8 Å². The topological polar surface area (TPSA) is 110 Å². The van der Waals surface area contributed by atoms with Gasteiger partial charge in [0.1, 0.15) is 23.0 Å². The first-order valence-electron chi connectivity index (χ1n) is 10.1. The van der Waals surface area contributed by atoms with Gasteiger partial charge in [-0.05, 0) is 69.7 Å². The van der Waals surface area contributed by atoms with Crippen molar-refractivity contribution in [2.24, 2.45) is 0 Å². The molecule has 0 saturated carbocycles. The van der Waals surface area contributed by atoms with Gasteiger partial charge in [0.05, 0.1) is 0 Å². The highest BCUT2D eigenvalue weighted by Crippen LogP contribution is 2.34. The minimum atomic E-state index is -1.06. The number of aryl methyl sites for hydroxylation is 4. The van der Waals surface area contributed by atoms with E-state index in [9.17, 15) is 19.5 Å². The van der Waals surface area contributed by atoms with E-state index in [-0.39, 0.29) is 12.8 Å².